The Balaban J connectivity index is 1.45. The first-order valence-electron chi connectivity index (χ1n) is 13.4. The molecule has 1 atom stereocenters. The van der Waals surface area contributed by atoms with E-state index in [0.29, 0.717) is 29.2 Å². The third-order valence-corrected chi connectivity index (χ3v) is 7.99. The summed E-state index contributed by atoms with van der Waals surface area (Å²) in [6.07, 6.45) is 1.52. The van der Waals surface area contributed by atoms with Crippen molar-refractivity contribution in [1.82, 2.24) is 9.97 Å². The zero-order chi connectivity index (χ0) is 29.2. The Bertz CT molecular complexity index is 1440. The van der Waals surface area contributed by atoms with E-state index in [4.69, 9.17) is 14.2 Å². The predicted molar refractivity (Wildman–Crippen MR) is 156 cm³/mol. The molecule has 0 aliphatic carbocycles. The number of esters is 2. The van der Waals surface area contributed by atoms with E-state index in [9.17, 15) is 14.0 Å². The summed E-state index contributed by atoms with van der Waals surface area (Å²) in [6.45, 7) is 7.23. The summed E-state index contributed by atoms with van der Waals surface area (Å²) >= 11 is 0. The molecule has 212 valence electrons. The van der Waals surface area contributed by atoms with Crippen LogP contribution in [0.4, 0.5) is 4.39 Å². The highest BCUT2D eigenvalue weighted by atomic mass is 28.3. The number of hydrogen-bond acceptors (Lipinski definition) is 7. The third-order valence-electron chi connectivity index (χ3n) is 6.28. The van der Waals surface area contributed by atoms with Crippen LogP contribution in [0.1, 0.15) is 39.5 Å². The Kier molecular flexibility index (Phi) is 9.97. The molecule has 0 aliphatic rings. The van der Waals surface area contributed by atoms with E-state index < -0.39 is 20.0 Å². The van der Waals surface area contributed by atoms with Gasteiger partial charge in [0.05, 0.1) is 24.3 Å². The molecule has 0 spiro atoms. The summed E-state index contributed by atoms with van der Waals surface area (Å²) in [7, 11) is -1.30. The number of hydrogen-bond donors (Lipinski definition) is 0. The minimum Gasteiger partial charge on any atom is -0.462 e. The number of halogens is 1. The van der Waals surface area contributed by atoms with E-state index in [0.717, 1.165) is 11.6 Å². The van der Waals surface area contributed by atoms with Gasteiger partial charge in [0.25, 0.3) is 0 Å². The number of ether oxygens (including phenoxy) is 3. The molecular formula is C32H33FN2O5Si. The van der Waals surface area contributed by atoms with Crippen molar-refractivity contribution in [2.24, 2.45) is 0 Å². The van der Waals surface area contributed by atoms with E-state index in [-0.39, 0.29) is 30.8 Å². The first-order valence-corrected chi connectivity index (χ1v) is 17.1. The first kappa shape index (κ1) is 29.6. The summed E-state index contributed by atoms with van der Waals surface area (Å²) in [5, 5.41) is 0. The molecule has 4 rings (SSSR count). The third kappa shape index (κ3) is 9.35. The molecule has 7 nitrogen and oxygen atoms in total. The van der Waals surface area contributed by atoms with Crippen molar-refractivity contribution in [3.8, 4) is 11.8 Å². The van der Waals surface area contributed by atoms with Crippen LogP contribution in [-0.2, 0) is 20.9 Å². The van der Waals surface area contributed by atoms with Crippen LogP contribution in [0.2, 0.25) is 25.7 Å². The monoisotopic (exact) mass is 572 g/mol. The zero-order valence-corrected chi connectivity index (χ0v) is 24.4. The van der Waals surface area contributed by atoms with Crippen LogP contribution in [0, 0.1) is 5.82 Å². The van der Waals surface area contributed by atoms with Gasteiger partial charge in [-0.3, -0.25) is 4.79 Å². The van der Waals surface area contributed by atoms with Crippen LogP contribution in [0.25, 0.3) is 0 Å². The molecule has 0 aliphatic heterocycles. The quantitative estimate of drug-likeness (QED) is 0.131. The van der Waals surface area contributed by atoms with Crippen molar-refractivity contribution >= 4 is 20.0 Å². The number of benzene rings is 3. The highest BCUT2D eigenvalue weighted by molar-refractivity contribution is 6.76. The lowest BCUT2D eigenvalue weighted by atomic mass is 9.92. The molecular weight excluding hydrogens is 539 g/mol. The Labute approximate surface area is 240 Å². The van der Waals surface area contributed by atoms with Gasteiger partial charge in [0.15, 0.2) is 0 Å². The fourth-order valence-electron chi connectivity index (χ4n) is 3.95. The van der Waals surface area contributed by atoms with Crippen molar-refractivity contribution in [3.63, 3.8) is 0 Å². The molecule has 3 aromatic carbocycles. The second kappa shape index (κ2) is 13.8. The lowest BCUT2D eigenvalue weighted by Gasteiger charge is -2.17. The number of carbonyl (C=O) groups excluding carboxylic acids is 2. The number of carbonyl (C=O) groups is 2. The van der Waals surface area contributed by atoms with Crippen LogP contribution in [0.3, 0.4) is 0 Å². The smallest absolute Gasteiger partial charge is 0.338 e. The largest absolute Gasteiger partial charge is 0.462 e. The summed E-state index contributed by atoms with van der Waals surface area (Å²) < 4.78 is 30.4. The highest BCUT2D eigenvalue weighted by Gasteiger charge is 2.22. The molecule has 1 unspecified atom stereocenters. The van der Waals surface area contributed by atoms with E-state index in [1.807, 2.05) is 30.3 Å². The molecule has 1 aromatic heterocycles. The lowest BCUT2D eigenvalue weighted by molar-refractivity contribution is -0.145. The van der Waals surface area contributed by atoms with Gasteiger partial charge < -0.3 is 14.2 Å². The average Bonchev–Trinajstić information content (AvgIpc) is 2.96. The molecule has 4 aromatic rings. The van der Waals surface area contributed by atoms with Gasteiger partial charge in [0.2, 0.25) is 0 Å². The number of rotatable bonds is 12. The lowest BCUT2D eigenvalue weighted by Crippen LogP contribution is -2.22. The summed E-state index contributed by atoms with van der Waals surface area (Å²) in [5.74, 6) is -1.26. The molecule has 0 bridgehead atoms. The van der Waals surface area contributed by atoms with Crippen molar-refractivity contribution < 1.29 is 28.2 Å². The Morgan fingerprint density at radius 1 is 0.878 bits per heavy atom. The minimum absolute atomic E-state index is 0.0105. The molecule has 0 N–H and O–H groups in total. The Morgan fingerprint density at radius 2 is 1.59 bits per heavy atom. The highest BCUT2D eigenvalue weighted by Crippen LogP contribution is 2.29. The van der Waals surface area contributed by atoms with Crippen molar-refractivity contribution in [1.29, 1.82) is 0 Å². The second-order valence-corrected chi connectivity index (χ2v) is 16.4. The van der Waals surface area contributed by atoms with Crippen molar-refractivity contribution in [2.45, 2.75) is 44.6 Å². The van der Waals surface area contributed by atoms with Gasteiger partial charge in [0, 0.05) is 20.2 Å². The summed E-state index contributed by atoms with van der Waals surface area (Å²) in [6, 6.07) is 24.5. The zero-order valence-electron chi connectivity index (χ0n) is 23.4. The molecule has 1 heterocycles. The van der Waals surface area contributed by atoms with Crippen LogP contribution < -0.4 is 4.74 Å². The van der Waals surface area contributed by atoms with Gasteiger partial charge in [-0.05, 0) is 59.6 Å². The van der Waals surface area contributed by atoms with E-state index in [2.05, 4.69) is 29.6 Å². The minimum atomic E-state index is -1.30. The topological polar surface area (TPSA) is 87.6 Å². The second-order valence-electron chi connectivity index (χ2n) is 10.8. The standard InChI is InChI=1S/C32H33FN2O5Si/c1-41(2,3)20-19-38-31(37)25-11-15-27(16-12-25)40-32-34-18-17-29(35-32)28(24-9-13-26(33)14-10-24)21-30(36)39-22-23-7-5-4-6-8-23/h4-18,28H,19-22H2,1-3H3. The Hall–Kier alpha value is -4.37. The van der Waals surface area contributed by atoms with Crippen LogP contribution in [0.15, 0.2) is 91.1 Å². The molecule has 0 radical (unpaired) electrons. The molecule has 0 amide bonds. The average molecular weight is 573 g/mol. The fourth-order valence-corrected chi connectivity index (χ4v) is 4.66. The van der Waals surface area contributed by atoms with Gasteiger partial charge in [0.1, 0.15) is 18.2 Å². The maximum Gasteiger partial charge on any atom is 0.338 e. The van der Waals surface area contributed by atoms with Crippen LogP contribution in [0.5, 0.6) is 11.8 Å². The summed E-state index contributed by atoms with van der Waals surface area (Å²) in [4.78, 5) is 33.9. The van der Waals surface area contributed by atoms with E-state index in [1.165, 1.54) is 18.3 Å². The van der Waals surface area contributed by atoms with Crippen LogP contribution in [-0.4, -0.2) is 36.6 Å². The molecule has 41 heavy (non-hydrogen) atoms. The first-order chi connectivity index (χ1) is 19.7. The van der Waals surface area contributed by atoms with E-state index >= 15 is 0 Å². The van der Waals surface area contributed by atoms with Crippen molar-refractivity contribution in [2.75, 3.05) is 6.61 Å². The Morgan fingerprint density at radius 3 is 2.27 bits per heavy atom. The number of aromatic nitrogens is 2. The van der Waals surface area contributed by atoms with Crippen LogP contribution >= 0.6 is 0 Å². The van der Waals surface area contributed by atoms with Gasteiger partial charge in [-0.15, -0.1) is 0 Å². The molecule has 0 saturated carbocycles. The van der Waals surface area contributed by atoms with Gasteiger partial charge in [-0.2, -0.15) is 4.98 Å². The normalized spacial score (nSPS) is 11.9. The molecule has 0 saturated heterocycles. The van der Waals surface area contributed by atoms with Crippen molar-refractivity contribution in [3.05, 3.63) is 119 Å². The SMILES string of the molecule is C[Si](C)(C)CCOC(=O)c1ccc(Oc2nccc(C(CC(=O)OCc3ccccc3)c3ccc(F)cc3)n2)cc1. The molecule has 9 heteroatoms. The number of nitrogens with zero attached hydrogens (tertiary/aromatic N) is 2. The predicted octanol–water partition coefficient (Wildman–Crippen LogP) is 7.17. The molecule has 0 fully saturated rings. The summed E-state index contributed by atoms with van der Waals surface area (Å²) in [5.41, 5.74) is 2.52. The van der Waals surface area contributed by atoms with Gasteiger partial charge in [-0.25, -0.2) is 14.2 Å². The van der Waals surface area contributed by atoms with Gasteiger partial charge in [-0.1, -0.05) is 62.1 Å². The van der Waals surface area contributed by atoms with Gasteiger partial charge >= 0.3 is 17.9 Å². The maximum absolute atomic E-state index is 13.7. The van der Waals surface area contributed by atoms with E-state index in [1.54, 1.807) is 42.5 Å². The maximum atomic E-state index is 13.7. The fraction of sp³-hybridized carbons (Fsp3) is 0.250.